The number of halogens is 1. The Labute approximate surface area is 123 Å². The average Bonchev–Trinajstić information content (AvgIpc) is 2.84. The van der Waals surface area contributed by atoms with Crippen molar-refractivity contribution in [1.29, 1.82) is 0 Å². The molecule has 0 bridgehead atoms. The number of hydrogen-bond donors (Lipinski definition) is 2. The number of benzene rings is 1. The second-order valence-electron chi connectivity index (χ2n) is 4.06. The topological polar surface area (TPSA) is 103 Å². The van der Waals surface area contributed by atoms with Crippen LogP contribution in [0.15, 0.2) is 41.6 Å². The summed E-state index contributed by atoms with van der Waals surface area (Å²) in [4.78, 5) is 0. The Morgan fingerprint density at radius 3 is 2.55 bits per heavy atom. The van der Waals surface area contributed by atoms with Gasteiger partial charge in [0, 0.05) is 19.6 Å². The minimum Gasteiger partial charge on any atom is -0.323 e. The molecule has 0 spiro atoms. The smallest absolute Gasteiger partial charge is 0.259 e. The lowest BCUT2D eigenvalue weighted by Gasteiger charge is -2.13. The van der Waals surface area contributed by atoms with Crippen LogP contribution < -0.4 is 10.5 Å². The van der Waals surface area contributed by atoms with Gasteiger partial charge in [-0.3, -0.25) is 0 Å². The van der Waals surface area contributed by atoms with Crippen molar-refractivity contribution in [2.75, 3.05) is 6.54 Å². The van der Waals surface area contributed by atoms with Crippen LogP contribution in [0.1, 0.15) is 11.6 Å². The largest absolute Gasteiger partial charge is 0.323 e. The first-order chi connectivity index (χ1) is 9.00. The Hall–Kier alpha value is -1.48. The van der Waals surface area contributed by atoms with E-state index >= 15 is 0 Å². The molecule has 1 aromatic carbocycles. The summed E-state index contributed by atoms with van der Waals surface area (Å²) in [5.41, 5.74) is 6.80. The SMILES string of the molecule is Cl.Cn1nncc1S(=O)(=O)NCC(N)c1ccccc1. The quantitative estimate of drug-likeness (QED) is 0.821. The second kappa shape index (κ2) is 6.80. The van der Waals surface area contributed by atoms with Crippen LogP contribution >= 0.6 is 12.4 Å². The second-order valence-corrected chi connectivity index (χ2v) is 5.78. The van der Waals surface area contributed by atoms with Crippen LogP contribution in [0.25, 0.3) is 0 Å². The number of nitrogens with two attached hydrogens (primary N) is 1. The zero-order valence-corrected chi connectivity index (χ0v) is 12.4. The minimum atomic E-state index is -3.64. The molecule has 0 amide bonds. The summed E-state index contributed by atoms with van der Waals surface area (Å²) in [5.74, 6) is 0. The number of nitrogens with zero attached hydrogens (tertiary/aromatic N) is 3. The van der Waals surface area contributed by atoms with Gasteiger partial charge < -0.3 is 5.73 Å². The molecule has 0 aliphatic rings. The molecule has 1 heterocycles. The van der Waals surface area contributed by atoms with Gasteiger partial charge >= 0.3 is 0 Å². The minimum absolute atomic E-state index is 0. The molecule has 110 valence electrons. The fourth-order valence-corrected chi connectivity index (χ4v) is 2.73. The van der Waals surface area contributed by atoms with Crippen molar-refractivity contribution in [2.24, 2.45) is 12.8 Å². The molecule has 1 unspecified atom stereocenters. The van der Waals surface area contributed by atoms with Gasteiger partial charge in [0.2, 0.25) is 0 Å². The standard InChI is InChI=1S/C11H15N5O2S.ClH/c1-16-11(8-13-15-16)19(17,18)14-7-10(12)9-5-3-2-4-6-9;/h2-6,8,10,14H,7,12H2,1H3;1H. The van der Waals surface area contributed by atoms with Gasteiger partial charge in [-0.2, -0.15) is 0 Å². The van der Waals surface area contributed by atoms with Gasteiger partial charge in [0.05, 0.1) is 6.20 Å². The third-order valence-corrected chi connectivity index (χ3v) is 4.14. The third-order valence-electron chi connectivity index (χ3n) is 2.67. The van der Waals surface area contributed by atoms with Crippen LogP contribution in [0.5, 0.6) is 0 Å². The van der Waals surface area contributed by atoms with Crippen LogP contribution in [-0.2, 0) is 17.1 Å². The zero-order valence-electron chi connectivity index (χ0n) is 10.8. The molecule has 9 heteroatoms. The predicted molar refractivity (Wildman–Crippen MR) is 76.8 cm³/mol. The van der Waals surface area contributed by atoms with E-state index in [0.717, 1.165) is 5.56 Å². The number of aryl methyl sites for hydroxylation is 1. The highest BCUT2D eigenvalue weighted by Crippen LogP contribution is 2.10. The predicted octanol–water partition coefficient (Wildman–Crippen LogP) is 0.215. The normalized spacial score (nSPS) is 12.7. The molecule has 1 atom stereocenters. The lowest BCUT2D eigenvalue weighted by Crippen LogP contribution is -2.32. The average molecular weight is 318 g/mol. The molecule has 0 radical (unpaired) electrons. The summed E-state index contributed by atoms with van der Waals surface area (Å²) in [6.07, 6.45) is 1.19. The van der Waals surface area contributed by atoms with E-state index < -0.39 is 16.1 Å². The van der Waals surface area contributed by atoms with E-state index in [9.17, 15) is 8.42 Å². The lowest BCUT2D eigenvalue weighted by atomic mass is 10.1. The van der Waals surface area contributed by atoms with E-state index in [1.807, 2.05) is 30.3 Å². The van der Waals surface area contributed by atoms with E-state index in [1.165, 1.54) is 17.9 Å². The van der Waals surface area contributed by atoms with Gasteiger partial charge in [-0.1, -0.05) is 35.5 Å². The van der Waals surface area contributed by atoms with Crippen molar-refractivity contribution in [1.82, 2.24) is 19.7 Å². The number of aromatic nitrogens is 3. The summed E-state index contributed by atoms with van der Waals surface area (Å²) < 4.78 is 27.6. The molecule has 1 aromatic heterocycles. The van der Waals surface area contributed by atoms with E-state index in [0.29, 0.717) is 0 Å². The van der Waals surface area contributed by atoms with Crippen LogP contribution in [-0.4, -0.2) is 30.0 Å². The van der Waals surface area contributed by atoms with E-state index in [-0.39, 0.29) is 24.0 Å². The first kappa shape index (κ1) is 16.6. The van der Waals surface area contributed by atoms with Crippen molar-refractivity contribution >= 4 is 22.4 Å². The molecule has 20 heavy (non-hydrogen) atoms. The first-order valence-electron chi connectivity index (χ1n) is 5.65. The number of sulfonamides is 1. The Morgan fingerprint density at radius 2 is 2.00 bits per heavy atom. The Kier molecular flexibility index (Phi) is 5.63. The van der Waals surface area contributed by atoms with Gasteiger partial charge in [-0.05, 0) is 5.56 Å². The van der Waals surface area contributed by atoms with E-state index in [1.54, 1.807) is 0 Å². The maximum Gasteiger partial charge on any atom is 0.259 e. The third kappa shape index (κ3) is 3.76. The molecule has 2 aromatic rings. The van der Waals surface area contributed by atoms with Crippen molar-refractivity contribution in [3.05, 3.63) is 42.1 Å². The summed E-state index contributed by atoms with van der Waals surface area (Å²) in [6.45, 7) is 0.109. The number of nitrogens with one attached hydrogen (secondary N) is 1. The molecule has 0 aliphatic heterocycles. The molecule has 0 aliphatic carbocycles. The summed E-state index contributed by atoms with van der Waals surface area (Å²) in [5, 5.41) is 7.13. The molecule has 7 nitrogen and oxygen atoms in total. The summed E-state index contributed by atoms with van der Waals surface area (Å²) >= 11 is 0. The van der Waals surface area contributed by atoms with Gasteiger partial charge in [-0.25, -0.2) is 17.8 Å². The molecule has 3 N–H and O–H groups in total. The van der Waals surface area contributed by atoms with Gasteiger partial charge in [0.15, 0.2) is 5.03 Å². The van der Waals surface area contributed by atoms with Crippen molar-refractivity contribution in [3.63, 3.8) is 0 Å². The molecular weight excluding hydrogens is 302 g/mol. The maximum atomic E-state index is 12.0. The first-order valence-corrected chi connectivity index (χ1v) is 7.14. The highest BCUT2D eigenvalue weighted by Gasteiger charge is 2.19. The number of hydrogen-bond acceptors (Lipinski definition) is 5. The van der Waals surface area contributed by atoms with Gasteiger partial charge in [0.1, 0.15) is 0 Å². The van der Waals surface area contributed by atoms with Crippen LogP contribution in [0, 0.1) is 0 Å². The molecule has 0 saturated carbocycles. The Morgan fingerprint density at radius 1 is 1.35 bits per heavy atom. The van der Waals surface area contributed by atoms with Crippen molar-refractivity contribution in [2.45, 2.75) is 11.1 Å². The molecule has 0 saturated heterocycles. The van der Waals surface area contributed by atoms with Crippen molar-refractivity contribution in [3.8, 4) is 0 Å². The Bertz CT molecular complexity index is 644. The monoisotopic (exact) mass is 317 g/mol. The summed E-state index contributed by atoms with van der Waals surface area (Å²) in [6, 6.07) is 8.89. The fraction of sp³-hybridized carbons (Fsp3) is 0.273. The van der Waals surface area contributed by atoms with Crippen LogP contribution in [0.3, 0.4) is 0 Å². The molecule has 0 fully saturated rings. The highest BCUT2D eigenvalue weighted by molar-refractivity contribution is 7.89. The van der Waals surface area contributed by atoms with Crippen molar-refractivity contribution < 1.29 is 8.42 Å². The van der Waals surface area contributed by atoms with E-state index in [4.69, 9.17) is 5.73 Å². The molecule has 2 rings (SSSR count). The van der Waals surface area contributed by atoms with Gasteiger partial charge in [-0.15, -0.1) is 17.5 Å². The maximum absolute atomic E-state index is 12.0. The van der Waals surface area contributed by atoms with E-state index in [2.05, 4.69) is 15.0 Å². The highest BCUT2D eigenvalue weighted by atomic mass is 35.5. The van der Waals surface area contributed by atoms with Crippen LogP contribution in [0.4, 0.5) is 0 Å². The Balaban J connectivity index is 0.00000200. The zero-order chi connectivity index (χ0) is 13.9. The summed E-state index contributed by atoms with van der Waals surface area (Å²) in [7, 11) is -2.13. The fourth-order valence-electron chi connectivity index (χ4n) is 1.62. The number of rotatable bonds is 5. The van der Waals surface area contributed by atoms with Crippen LogP contribution in [0.2, 0.25) is 0 Å². The van der Waals surface area contributed by atoms with Gasteiger partial charge in [0.25, 0.3) is 10.0 Å². The lowest BCUT2D eigenvalue weighted by molar-refractivity contribution is 0.553. The molecular formula is C11H16ClN5O2S.